The standard InChI is InChI=1S/C15H18O4/c1-11(16)8-15(9-17-10-15)12-3-4-13-14(7-12)19-6-2-5-18-13/h3-4,7H,2,5-6,8-10H2,1H3. The molecule has 3 rings (SSSR count). The Morgan fingerprint density at radius 1 is 1.21 bits per heavy atom. The third-order valence-corrected chi connectivity index (χ3v) is 3.70. The van der Waals surface area contributed by atoms with E-state index >= 15 is 0 Å². The van der Waals surface area contributed by atoms with Crippen molar-refractivity contribution in [3.05, 3.63) is 23.8 Å². The van der Waals surface area contributed by atoms with Crippen molar-refractivity contribution in [2.45, 2.75) is 25.2 Å². The van der Waals surface area contributed by atoms with Gasteiger partial charge in [-0.15, -0.1) is 0 Å². The van der Waals surface area contributed by atoms with Gasteiger partial charge in [0.25, 0.3) is 0 Å². The number of benzene rings is 1. The fourth-order valence-electron chi connectivity index (χ4n) is 2.69. The number of hydrogen-bond donors (Lipinski definition) is 0. The topological polar surface area (TPSA) is 44.8 Å². The number of rotatable bonds is 3. The van der Waals surface area contributed by atoms with Crippen LogP contribution in [0.1, 0.15) is 25.3 Å². The molecule has 1 aromatic rings. The van der Waals surface area contributed by atoms with Crippen LogP contribution in [0.3, 0.4) is 0 Å². The Morgan fingerprint density at radius 2 is 1.95 bits per heavy atom. The van der Waals surface area contributed by atoms with E-state index in [1.165, 1.54) is 0 Å². The first-order chi connectivity index (χ1) is 9.20. The molecule has 0 N–H and O–H groups in total. The molecule has 0 radical (unpaired) electrons. The van der Waals surface area contributed by atoms with Gasteiger partial charge in [-0.25, -0.2) is 0 Å². The minimum absolute atomic E-state index is 0.170. The van der Waals surface area contributed by atoms with Crippen molar-refractivity contribution in [3.8, 4) is 11.5 Å². The SMILES string of the molecule is CC(=O)CC1(c2ccc3c(c2)OCCCO3)COC1. The van der Waals surface area contributed by atoms with Gasteiger partial charge in [-0.1, -0.05) is 6.07 Å². The van der Waals surface area contributed by atoms with Crippen LogP contribution in [-0.4, -0.2) is 32.2 Å². The van der Waals surface area contributed by atoms with Crippen molar-refractivity contribution >= 4 is 5.78 Å². The molecule has 2 heterocycles. The van der Waals surface area contributed by atoms with Gasteiger partial charge in [-0.05, 0) is 24.6 Å². The smallest absolute Gasteiger partial charge is 0.161 e. The fourth-order valence-corrected chi connectivity index (χ4v) is 2.69. The highest BCUT2D eigenvalue weighted by atomic mass is 16.5. The summed E-state index contributed by atoms with van der Waals surface area (Å²) in [5, 5.41) is 0. The Balaban J connectivity index is 1.92. The number of carbonyl (C=O) groups is 1. The van der Waals surface area contributed by atoms with Crippen molar-refractivity contribution in [3.63, 3.8) is 0 Å². The minimum Gasteiger partial charge on any atom is -0.490 e. The molecule has 0 saturated carbocycles. The quantitative estimate of drug-likeness (QED) is 0.836. The van der Waals surface area contributed by atoms with Gasteiger partial charge in [0.2, 0.25) is 0 Å². The van der Waals surface area contributed by atoms with Gasteiger partial charge in [-0.2, -0.15) is 0 Å². The van der Waals surface area contributed by atoms with Crippen molar-refractivity contribution in [2.75, 3.05) is 26.4 Å². The van der Waals surface area contributed by atoms with E-state index in [2.05, 4.69) is 0 Å². The van der Waals surface area contributed by atoms with Gasteiger partial charge in [0.05, 0.1) is 26.4 Å². The Bertz CT molecular complexity index is 491. The molecular weight excluding hydrogens is 244 g/mol. The molecule has 1 aromatic carbocycles. The molecule has 19 heavy (non-hydrogen) atoms. The molecule has 0 atom stereocenters. The Hall–Kier alpha value is -1.55. The number of fused-ring (bicyclic) bond motifs is 1. The normalized spacial score (nSPS) is 20.3. The van der Waals surface area contributed by atoms with Crippen LogP contribution >= 0.6 is 0 Å². The summed E-state index contributed by atoms with van der Waals surface area (Å²) in [6.45, 7) is 4.20. The maximum Gasteiger partial charge on any atom is 0.161 e. The lowest BCUT2D eigenvalue weighted by Gasteiger charge is -2.41. The molecule has 4 heteroatoms. The second-order valence-corrected chi connectivity index (χ2v) is 5.36. The average molecular weight is 262 g/mol. The number of Topliss-reactive ketones (excluding diaryl/α,β-unsaturated/α-hetero) is 1. The maximum absolute atomic E-state index is 11.5. The van der Waals surface area contributed by atoms with Gasteiger partial charge in [0, 0.05) is 18.3 Å². The highest BCUT2D eigenvalue weighted by Crippen LogP contribution is 2.40. The van der Waals surface area contributed by atoms with E-state index in [4.69, 9.17) is 14.2 Å². The van der Waals surface area contributed by atoms with Crippen LogP contribution in [0.2, 0.25) is 0 Å². The zero-order chi connectivity index (χ0) is 13.3. The molecule has 1 fully saturated rings. The Kier molecular flexibility index (Phi) is 3.19. The van der Waals surface area contributed by atoms with Crippen LogP contribution in [0.5, 0.6) is 11.5 Å². The number of ether oxygens (including phenoxy) is 3. The maximum atomic E-state index is 11.5. The van der Waals surface area contributed by atoms with E-state index in [1.54, 1.807) is 6.92 Å². The first-order valence-electron chi connectivity index (χ1n) is 6.67. The average Bonchev–Trinajstić information content (AvgIpc) is 2.57. The van der Waals surface area contributed by atoms with Crippen molar-refractivity contribution in [1.82, 2.24) is 0 Å². The van der Waals surface area contributed by atoms with Crippen molar-refractivity contribution in [2.24, 2.45) is 0 Å². The first kappa shape index (κ1) is 12.5. The molecule has 0 aliphatic carbocycles. The third kappa shape index (κ3) is 2.32. The van der Waals surface area contributed by atoms with E-state index < -0.39 is 0 Å². The van der Waals surface area contributed by atoms with Crippen molar-refractivity contribution < 1.29 is 19.0 Å². The molecule has 1 saturated heterocycles. The second kappa shape index (κ2) is 4.85. The molecule has 0 bridgehead atoms. The highest BCUT2D eigenvalue weighted by molar-refractivity contribution is 5.77. The van der Waals surface area contributed by atoms with E-state index in [0.717, 1.165) is 23.5 Å². The lowest BCUT2D eigenvalue weighted by atomic mass is 9.75. The second-order valence-electron chi connectivity index (χ2n) is 5.36. The molecule has 0 amide bonds. The van der Waals surface area contributed by atoms with Crippen LogP contribution in [0, 0.1) is 0 Å². The zero-order valence-electron chi connectivity index (χ0n) is 11.1. The summed E-state index contributed by atoms with van der Waals surface area (Å²) in [5.41, 5.74) is 0.939. The molecule has 4 nitrogen and oxygen atoms in total. The summed E-state index contributed by atoms with van der Waals surface area (Å²) in [4.78, 5) is 11.5. The predicted molar refractivity (Wildman–Crippen MR) is 69.8 cm³/mol. The van der Waals surface area contributed by atoms with Crippen LogP contribution in [0.4, 0.5) is 0 Å². The van der Waals surface area contributed by atoms with E-state index in [1.807, 2.05) is 18.2 Å². The largest absolute Gasteiger partial charge is 0.490 e. The molecule has 2 aliphatic heterocycles. The predicted octanol–water partition coefficient (Wildman–Crippen LogP) is 2.09. The van der Waals surface area contributed by atoms with E-state index in [-0.39, 0.29) is 11.2 Å². The molecular formula is C15H18O4. The number of carbonyl (C=O) groups excluding carboxylic acids is 1. The molecule has 0 spiro atoms. The summed E-state index contributed by atoms with van der Waals surface area (Å²) < 4.78 is 16.7. The van der Waals surface area contributed by atoms with Crippen molar-refractivity contribution in [1.29, 1.82) is 0 Å². The molecule has 0 aromatic heterocycles. The van der Waals surface area contributed by atoms with Gasteiger partial charge >= 0.3 is 0 Å². The highest BCUT2D eigenvalue weighted by Gasteiger charge is 2.41. The molecule has 0 unspecified atom stereocenters. The summed E-state index contributed by atoms with van der Waals surface area (Å²) in [6, 6.07) is 5.97. The number of ketones is 1. The van der Waals surface area contributed by atoms with Crippen LogP contribution < -0.4 is 9.47 Å². The Labute approximate surface area is 112 Å². The lowest BCUT2D eigenvalue weighted by molar-refractivity contribution is -0.125. The van der Waals surface area contributed by atoms with Crippen LogP contribution in [0.15, 0.2) is 18.2 Å². The Morgan fingerprint density at radius 3 is 2.58 bits per heavy atom. The summed E-state index contributed by atoms with van der Waals surface area (Å²) in [7, 11) is 0. The molecule has 102 valence electrons. The minimum atomic E-state index is -0.170. The van der Waals surface area contributed by atoms with Gasteiger partial charge in [0.15, 0.2) is 11.5 Å². The summed E-state index contributed by atoms with van der Waals surface area (Å²) in [5.74, 6) is 1.76. The zero-order valence-corrected chi connectivity index (χ0v) is 11.1. The summed E-state index contributed by atoms with van der Waals surface area (Å²) in [6.07, 6.45) is 1.42. The monoisotopic (exact) mass is 262 g/mol. The van der Waals surface area contributed by atoms with Gasteiger partial charge in [-0.3, -0.25) is 4.79 Å². The molecule has 2 aliphatic rings. The first-order valence-corrected chi connectivity index (χ1v) is 6.67. The van der Waals surface area contributed by atoms with E-state index in [9.17, 15) is 4.79 Å². The number of hydrogen-bond acceptors (Lipinski definition) is 4. The van der Waals surface area contributed by atoms with Gasteiger partial charge < -0.3 is 14.2 Å². The summed E-state index contributed by atoms with van der Waals surface area (Å²) >= 11 is 0. The third-order valence-electron chi connectivity index (χ3n) is 3.70. The van der Waals surface area contributed by atoms with E-state index in [0.29, 0.717) is 32.8 Å². The van der Waals surface area contributed by atoms with Gasteiger partial charge in [0.1, 0.15) is 5.78 Å². The lowest BCUT2D eigenvalue weighted by Crippen LogP contribution is -2.48. The van der Waals surface area contributed by atoms with Crippen LogP contribution in [-0.2, 0) is 14.9 Å². The van der Waals surface area contributed by atoms with Crippen LogP contribution in [0.25, 0.3) is 0 Å². The fraction of sp³-hybridized carbons (Fsp3) is 0.533.